The SMILES string of the molecule is BrC1(Cc2ccccc2)OCCNC1Cc1ccccc1. The van der Waals surface area contributed by atoms with Crippen LogP contribution in [0.3, 0.4) is 0 Å². The molecular weight excluding hydrogens is 326 g/mol. The summed E-state index contributed by atoms with van der Waals surface area (Å²) in [5, 5.41) is 3.61. The van der Waals surface area contributed by atoms with Gasteiger partial charge in [0.25, 0.3) is 0 Å². The highest BCUT2D eigenvalue weighted by atomic mass is 79.9. The molecule has 3 heteroatoms. The van der Waals surface area contributed by atoms with Crippen LogP contribution in [0.4, 0.5) is 0 Å². The van der Waals surface area contributed by atoms with Crippen molar-refractivity contribution in [2.45, 2.75) is 23.4 Å². The number of nitrogens with one attached hydrogen (secondary N) is 1. The van der Waals surface area contributed by atoms with Gasteiger partial charge in [-0.15, -0.1) is 0 Å². The monoisotopic (exact) mass is 345 g/mol. The third-order valence-electron chi connectivity index (χ3n) is 3.93. The number of ether oxygens (including phenoxy) is 1. The predicted molar refractivity (Wildman–Crippen MR) is 89.7 cm³/mol. The van der Waals surface area contributed by atoms with E-state index in [0.29, 0.717) is 0 Å². The van der Waals surface area contributed by atoms with Crippen molar-refractivity contribution >= 4 is 15.9 Å². The molecule has 0 aromatic heterocycles. The zero-order chi connectivity index (χ0) is 14.5. The minimum atomic E-state index is -0.345. The average molecular weight is 346 g/mol. The molecule has 0 bridgehead atoms. The average Bonchev–Trinajstić information content (AvgIpc) is 2.52. The van der Waals surface area contributed by atoms with Gasteiger partial charge in [0.2, 0.25) is 0 Å². The molecule has 2 nitrogen and oxygen atoms in total. The van der Waals surface area contributed by atoms with E-state index in [1.54, 1.807) is 0 Å². The fraction of sp³-hybridized carbons (Fsp3) is 0.333. The number of halogens is 1. The van der Waals surface area contributed by atoms with Gasteiger partial charge in [-0.3, -0.25) is 0 Å². The van der Waals surface area contributed by atoms with Crippen LogP contribution < -0.4 is 5.32 Å². The van der Waals surface area contributed by atoms with Gasteiger partial charge in [0.05, 0.1) is 12.6 Å². The number of hydrogen-bond acceptors (Lipinski definition) is 2. The molecule has 2 aromatic carbocycles. The minimum Gasteiger partial charge on any atom is -0.360 e. The number of rotatable bonds is 4. The van der Waals surface area contributed by atoms with E-state index in [9.17, 15) is 0 Å². The standard InChI is InChI=1S/C18H20BrNO/c19-18(14-16-9-5-2-6-10-16)17(20-11-12-21-18)13-15-7-3-1-4-8-15/h1-10,17,20H,11-14H2. The predicted octanol–water partition coefficient (Wildman–Crippen LogP) is 3.55. The molecule has 3 rings (SSSR count). The van der Waals surface area contributed by atoms with Gasteiger partial charge in [0, 0.05) is 13.0 Å². The van der Waals surface area contributed by atoms with Gasteiger partial charge in [0.1, 0.15) is 4.51 Å². The van der Waals surface area contributed by atoms with Crippen LogP contribution >= 0.6 is 15.9 Å². The van der Waals surface area contributed by atoms with E-state index in [1.165, 1.54) is 11.1 Å². The second-order valence-corrected chi connectivity index (χ2v) is 6.84. The first-order chi connectivity index (χ1) is 10.3. The van der Waals surface area contributed by atoms with E-state index < -0.39 is 0 Å². The lowest BCUT2D eigenvalue weighted by Crippen LogP contribution is -2.56. The van der Waals surface area contributed by atoms with Crippen LogP contribution in [0.2, 0.25) is 0 Å². The first-order valence-corrected chi connectivity index (χ1v) is 8.20. The number of morpholine rings is 1. The van der Waals surface area contributed by atoms with Crippen LogP contribution in [0.1, 0.15) is 11.1 Å². The summed E-state index contributed by atoms with van der Waals surface area (Å²) in [4.78, 5) is 0. The molecule has 110 valence electrons. The van der Waals surface area contributed by atoms with E-state index in [-0.39, 0.29) is 10.6 Å². The first-order valence-electron chi connectivity index (χ1n) is 7.40. The van der Waals surface area contributed by atoms with Crippen molar-refractivity contribution in [3.05, 3.63) is 71.8 Å². The maximum atomic E-state index is 6.11. The van der Waals surface area contributed by atoms with Crippen LogP contribution in [0.15, 0.2) is 60.7 Å². The molecule has 2 atom stereocenters. The maximum absolute atomic E-state index is 6.11. The lowest BCUT2D eigenvalue weighted by molar-refractivity contribution is -0.0243. The van der Waals surface area contributed by atoms with Gasteiger partial charge >= 0.3 is 0 Å². The molecule has 1 saturated heterocycles. The maximum Gasteiger partial charge on any atom is 0.142 e. The van der Waals surface area contributed by atoms with Crippen molar-refractivity contribution < 1.29 is 4.74 Å². The third kappa shape index (κ3) is 3.73. The molecule has 21 heavy (non-hydrogen) atoms. The van der Waals surface area contributed by atoms with Crippen LogP contribution in [-0.4, -0.2) is 23.7 Å². The molecule has 0 aliphatic carbocycles. The van der Waals surface area contributed by atoms with Crippen molar-refractivity contribution in [3.8, 4) is 0 Å². The molecule has 0 spiro atoms. The van der Waals surface area contributed by atoms with E-state index in [0.717, 1.165) is 26.0 Å². The lowest BCUT2D eigenvalue weighted by atomic mass is 9.95. The van der Waals surface area contributed by atoms with Crippen LogP contribution in [0.5, 0.6) is 0 Å². The second-order valence-electron chi connectivity index (χ2n) is 5.49. The lowest BCUT2D eigenvalue weighted by Gasteiger charge is -2.40. The number of benzene rings is 2. The summed E-state index contributed by atoms with van der Waals surface area (Å²) < 4.78 is 5.76. The summed E-state index contributed by atoms with van der Waals surface area (Å²) >= 11 is 3.87. The Labute approximate surface area is 134 Å². The molecule has 2 unspecified atom stereocenters. The molecule has 1 heterocycles. The Morgan fingerprint density at radius 2 is 1.62 bits per heavy atom. The van der Waals surface area contributed by atoms with E-state index in [4.69, 9.17) is 4.74 Å². The Balaban J connectivity index is 1.77. The molecular formula is C18H20BrNO. The smallest absolute Gasteiger partial charge is 0.142 e. The molecule has 0 radical (unpaired) electrons. The van der Waals surface area contributed by atoms with Gasteiger partial charge in [-0.25, -0.2) is 0 Å². The molecule has 0 amide bonds. The van der Waals surface area contributed by atoms with Crippen molar-refractivity contribution in [2.75, 3.05) is 13.2 Å². The zero-order valence-electron chi connectivity index (χ0n) is 12.0. The minimum absolute atomic E-state index is 0.258. The van der Waals surface area contributed by atoms with Crippen molar-refractivity contribution in [3.63, 3.8) is 0 Å². The number of alkyl halides is 1. The normalized spacial score (nSPS) is 25.7. The van der Waals surface area contributed by atoms with Crippen LogP contribution in [0, 0.1) is 0 Å². The largest absolute Gasteiger partial charge is 0.360 e. The quantitative estimate of drug-likeness (QED) is 0.855. The second kappa shape index (κ2) is 6.73. The van der Waals surface area contributed by atoms with E-state index >= 15 is 0 Å². The van der Waals surface area contributed by atoms with Gasteiger partial charge in [0.15, 0.2) is 0 Å². The summed E-state index contributed by atoms with van der Waals surface area (Å²) in [5.74, 6) is 0. The van der Waals surface area contributed by atoms with Gasteiger partial charge < -0.3 is 10.1 Å². The third-order valence-corrected chi connectivity index (χ3v) is 4.99. The Morgan fingerprint density at radius 3 is 2.29 bits per heavy atom. The fourth-order valence-electron chi connectivity index (χ4n) is 2.83. The molecule has 1 aliphatic rings. The fourth-order valence-corrected chi connectivity index (χ4v) is 3.64. The summed E-state index contributed by atoms with van der Waals surface area (Å²) in [6.45, 7) is 1.64. The van der Waals surface area contributed by atoms with Crippen molar-refractivity contribution in [1.29, 1.82) is 0 Å². The highest BCUT2D eigenvalue weighted by molar-refractivity contribution is 9.10. The summed E-state index contributed by atoms with van der Waals surface area (Å²) in [6, 6.07) is 21.3. The molecule has 0 saturated carbocycles. The Morgan fingerprint density at radius 1 is 1.00 bits per heavy atom. The van der Waals surface area contributed by atoms with Crippen LogP contribution in [-0.2, 0) is 17.6 Å². The van der Waals surface area contributed by atoms with Gasteiger partial charge in [-0.1, -0.05) is 76.6 Å². The number of hydrogen-bond donors (Lipinski definition) is 1. The topological polar surface area (TPSA) is 21.3 Å². The van der Waals surface area contributed by atoms with Gasteiger partial charge in [-0.2, -0.15) is 0 Å². The van der Waals surface area contributed by atoms with Crippen molar-refractivity contribution in [2.24, 2.45) is 0 Å². The van der Waals surface area contributed by atoms with E-state index in [1.807, 2.05) is 6.07 Å². The Hall–Kier alpha value is -1.16. The molecule has 2 aromatic rings. The summed E-state index contributed by atoms with van der Waals surface area (Å²) in [6.07, 6.45) is 1.82. The Kier molecular flexibility index (Phi) is 4.73. The van der Waals surface area contributed by atoms with E-state index in [2.05, 4.69) is 75.8 Å². The first kappa shape index (κ1) is 14.8. The zero-order valence-corrected chi connectivity index (χ0v) is 13.6. The summed E-state index contributed by atoms with van der Waals surface area (Å²) in [5.41, 5.74) is 2.62. The molecule has 1 N–H and O–H groups in total. The van der Waals surface area contributed by atoms with Gasteiger partial charge in [-0.05, 0) is 17.5 Å². The highest BCUT2D eigenvalue weighted by Crippen LogP contribution is 2.32. The van der Waals surface area contributed by atoms with Crippen LogP contribution in [0.25, 0.3) is 0 Å². The Bertz CT molecular complexity index is 560. The van der Waals surface area contributed by atoms with Crippen molar-refractivity contribution in [1.82, 2.24) is 5.32 Å². The highest BCUT2D eigenvalue weighted by Gasteiger charge is 2.39. The summed E-state index contributed by atoms with van der Waals surface area (Å²) in [7, 11) is 0. The molecule has 1 fully saturated rings. The molecule has 1 aliphatic heterocycles.